The number of aliphatic hydroxyl groups is 1. The maximum Gasteiger partial charge on any atom is 0.115 e. The molecule has 0 aliphatic heterocycles. The fraction of sp³-hybridized carbons (Fsp3) is 0.500. The third-order valence-electron chi connectivity index (χ3n) is 2.06. The van der Waals surface area contributed by atoms with Crippen molar-refractivity contribution in [3.63, 3.8) is 0 Å². The van der Waals surface area contributed by atoms with Gasteiger partial charge in [0.2, 0.25) is 0 Å². The molecule has 3 nitrogen and oxygen atoms in total. The number of aliphatic hydroxyl groups excluding tert-OH is 1. The van der Waals surface area contributed by atoms with Crippen LogP contribution in [0.3, 0.4) is 0 Å². The standard InChI is InChI=1S/C10H15ClN2OS/c1-12-8(7-14)4-6-15-10-9(11)3-2-5-13-10/h2-3,5,8,12,14H,4,6-7H2,1H3. The van der Waals surface area contributed by atoms with Gasteiger partial charge < -0.3 is 10.4 Å². The van der Waals surface area contributed by atoms with Gasteiger partial charge in [-0.25, -0.2) is 4.98 Å². The Morgan fingerprint density at radius 1 is 1.67 bits per heavy atom. The van der Waals surface area contributed by atoms with Gasteiger partial charge in [-0.15, -0.1) is 11.8 Å². The summed E-state index contributed by atoms with van der Waals surface area (Å²) in [7, 11) is 1.85. The molecule has 0 spiro atoms. The predicted octanol–water partition coefficient (Wildman–Crippen LogP) is 1.80. The normalized spacial score (nSPS) is 12.7. The van der Waals surface area contributed by atoms with Gasteiger partial charge in [0.1, 0.15) is 5.03 Å². The summed E-state index contributed by atoms with van der Waals surface area (Å²) < 4.78 is 0. The lowest BCUT2D eigenvalue weighted by Crippen LogP contribution is -2.29. The molecule has 0 saturated heterocycles. The average molecular weight is 247 g/mol. The molecule has 1 aromatic rings. The summed E-state index contributed by atoms with van der Waals surface area (Å²) in [4.78, 5) is 4.17. The molecule has 1 rings (SSSR count). The SMILES string of the molecule is CNC(CO)CCSc1ncccc1Cl. The minimum Gasteiger partial charge on any atom is -0.395 e. The lowest BCUT2D eigenvalue weighted by molar-refractivity contribution is 0.246. The Bertz CT molecular complexity index is 295. The minimum absolute atomic E-state index is 0.153. The molecule has 0 aliphatic carbocycles. The van der Waals surface area contributed by atoms with Crippen molar-refractivity contribution in [1.82, 2.24) is 10.3 Å². The molecule has 0 saturated carbocycles. The summed E-state index contributed by atoms with van der Waals surface area (Å²) >= 11 is 7.57. The second-order valence-corrected chi connectivity index (χ2v) is 4.59. The molecule has 1 unspecified atom stereocenters. The van der Waals surface area contributed by atoms with E-state index >= 15 is 0 Å². The highest BCUT2D eigenvalue weighted by molar-refractivity contribution is 7.99. The maximum absolute atomic E-state index is 8.96. The highest BCUT2D eigenvalue weighted by atomic mass is 35.5. The van der Waals surface area contributed by atoms with E-state index in [2.05, 4.69) is 10.3 Å². The zero-order chi connectivity index (χ0) is 11.1. The van der Waals surface area contributed by atoms with Crippen LogP contribution in [-0.4, -0.2) is 35.5 Å². The van der Waals surface area contributed by atoms with Gasteiger partial charge in [-0.2, -0.15) is 0 Å². The highest BCUT2D eigenvalue weighted by Crippen LogP contribution is 2.24. The van der Waals surface area contributed by atoms with Gasteiger partial charge in [0.05, 0.1) is 11.6 Å². The summed E-state index contributed by atoms with van der Waals surface area (Å²) in [5.41, 5.74) is 0. The number of aromatic nitrogens is 1. The molecule has 1 heterocycles. The maximum atomic E-state index is 8.96. The van der Waals surface area contributed by atoms with Gasteiger partial charge in [-0.1, -0.05) is 11.6 Å². The molecule has 0 bridgehead atoms. The zero-order valence-electron chi connectivity index (χ0n) is 8.61. The van der Waals surface area contributed by atoms with Crippen molar-refractivity contribution < 1.29 is 5.11 Å². The van der Waals surface area contributed by atoms with E-state index in [0.717, 1.165) is 17.2 Å². The molecule has 5 heteroatoms. The second-order valence-electron chi connectivity index (χ2n) is 3.10. The third kappa shape index (κ3) is 4.38. The Balaban J connectivity index is 2.34. The van der Waals surface area contributed by atoms with Crippen molar-refractivity contribution in [2.45, 2.75) is 17.5 Å². The summed E-state index contributed by atoms with van der Waals surface area (Å²) in [5.74, 6) is 0.892. The number of nitrogens with one attached hydrogen (secondary N) is 1. The predicted molar refractivity (Wildman–Crippen MR) is 64.5 cm³/mol. The molecule has 2 N–H and O–H groups in total. The van der Waals surface area contributed by atoms with Crippen LogP contribution in [0, 0.1) is 0 Å². The van der Waals surface area contributed by atoms with Crippen LogP contribution in [-0.2, 0) is 0 Å². The number of pyridine rings is 1. The number of rotatable bonds is 6. The summed E-state index contributed by atoms with van der Waals surface area (Å²) in [6, 6.07) is 3.80. The zero-order valence-corrected chi connectivity index (χ0v) is 10.2. The lowest BCUT2D eigenvalue weighted by atomic mass is 10.2. The van der Waals surface area contributed by atoms with Crippen molar-refractivity contribution in [3.8, 4) is 0 Å². The van der Waals surface area contributed by atoms with Crippen LogP contribution in [0.1, 0.15) is 6.42 Å². The van der Waals surface area contributed by atoms with Crippen LogP contribution >= 0.6 is 23.4 Å². The van der Waals surface area contributed by atoms with Crippen LogP contribution in [0.2, 0.25) is 5.02 Å². The Morgan fingerprint density at radius 3 is 3.07 bits per heavy atom. The quantitative estimate of drug-likeness (QED) is 0.752. The summed E-state index contributed by atoms with van der Waals surface area (Å²) in [5, 5.41) is 13.5. The largest absolute Gasteiger partial charge is 0.395 e. The highest BCUT2D eigenvalue weighted by Gasteiger charge is 2.06. The molecule has 84 valence electrons. The van der Waals surface area contributed by atoms with Crippen LogP contribution in [0.25, 0.3) is 0 Å². The van der Waals surface area contributed by atoms with Crippen molar-refractivity contribution in [2.75, 3.05) is 19.4 Å². The van der Waals surface area contributed by atoms with Crippen molar-refractivity contribution >= 4 is 23.4 Å². The third-order valence-corrected chi connectivity index (χ3v) is 3.51. The molecular weight excluding hydrogens is 232 g/mol. The van der Waals surface area contributed by atoms with Crippen LogP contribution in [0.5, 0.6) is 0 Å². The van der Waals surface area contributed by atoms with Crippen LogP contribution in [0.4, 0.5) is 0 Å². The first-order valence-electron chi connectivity index (χ1n) is 4.79. The Hall–Kier alpha value is -0.290. The smallest absolute Gasteiger partial charge is 0.115 e. The molecule has 1 atom stereocenters. The fourth-order valence-electron chi connectivity index (χ4n) is 1.10. The van der Waals surface area contributed by atoms with E-state index in [9.17, 15) is 0 Å². The number of hydrogen-bond donors (Lipinski definition) is 2. The Morgan fingerprint density at radius 2 is 2.47 bits per heavy atom. The molecule has 0 amide bonds. The van der Waals surface area contributed by atoms with E-state index in [1.165, 1.54) is 0 Å². The van der Waals surface area contributed by atoms with Gasteiger partial charge >= 0.3 is 0 Å². The first kappa shape index (κ1) is 12.8. The number of hydrogen-bond acceptors (Lipinski definition) is 4. The molecule has 0 fully saturated rings. The average Bonchev–Trinajstić information content (AvgIpc) is 2.27. The van der Waals surface area contributed by atoms with Gasteiger partial charge in [0.25, 0.3) is 0 Å². The topological polar surface area (TPSA) is 45.1 Å². The van der Waals surface area contributed by atoms with Crippen molar-refractivity contribution in [2.24, 2.45) is 0 Å². The first-order valence-corrected chi connectivity index (χ1v) is 6.15. The summed E-state index contributed by atoms with van der Waals surface area (Å²) in [6.07, 6.45) is 2.63. The molecule has 0 radical (unpaired) electrons. The molecule has 15 heavy (non-hydrogen) atoms. The van der Waals surface area contributed by atoms with Gasteiger partial charge in [-0.3, -0.25) is 0 Å². The van der Waals surface area contributed by atoms with E-state index in [4.69, 9.17) is 16.7 Å². The molecular formula is C10H15ClN2OS. The second kappa shape index (κ2) is 7.06. The first-order chi connectivity index (χ1) is 7.27. The molecule has 1 aromatic heterocycles. The van der Waals surface area contributed by atoms with E-state index in [1.54, 1.807) is 18.0 Å². The van der Waals surface area contributed by atoms with E-state index in [1.807, 2.05) is 19.2 Å². The lowest BCUT2D eigenvalue weighted by Gasteiger charge is -2.11. The van der Waals surface area contributed by atoms with E-state index in [0.29, 0.717) is 5.02 Å². The van der Waals surface area contributed by atoms with Crippen LogP contribution < -0.4 is 5.32 Å². The van der Waals surface area contributed by atoms with Gasteiger partial charge in [0.15, 0.2) is 0 Å². The van der Waals surface area contributed by atoms with Crippen molar-refractivity contribution in [1.29, 1.82) is 0 Å². The Labute approximate surface area is 99.2 Å². The molecule has 0 aromatic carbocycles. The van der Waals surface area contributed by atoms with Gasteiger partial charge in [0, 0.05) is 18.0 Å². The number of likely N-dealkylation sites (N-methyl/N-ethyl adjacent to an activating group) is 1. The van der Waals surface area contributed by atoms with Crippen LogP contribution in [0.15, 0.2) is 23.4 Å². The van der Waals surface area contributed by atoms with E-state index < -0.39 is 0 Å². The fourth-order valence-corrected chi connectivity index (χ4v) is 2.32. The van der Waals surface area contributed by atoms with Crippen molar-refractivity contribution in [3.05, 3.63) is 23.4 Å². The Kier molecular flexibility index (Phi) is 6.02. The van der Waals surface area contributed by atoms with Gasteiger partial charge in [-0.05, 0) is 25.6 Å². The molecule has 0 aliphatic rings. The summed E-state index contributed by atoms with van der Waals surface area (Å²) in [6.45, 7) is 0.160. The monoisotopic (exact) mass is 246 g/mol. The number of halogens is 1. The van der Waals surface area contributed by atoms with E-state index in [-0.39, 0.29) is 12.6 Å². The number of thioether (sulfide) groups is 1. The number of nitrogens with zero attached hydrogens (tertiary/aromatic N) is 1. The minimum atomic E-state index is 0.153.